The van der Waals surface area contributed by atoms with Gasteiger partial charge in [-0.2, -0.15) is 4.31 Å². The second-order valence-electron chi connectivity index (χ2n) is 5.26. The van der Waals surface area contributed by atoms with Crippen LogP contribution in [0.25, 0.3) is 0 Å². The maximum absolute atomic E-state index is 13.9. The van der Waals surface area contributed by atoms with E-state index in [1.54, 1.807) is 0 Å². The zero-order valence-corrected chi connectivity index (χ0v) is 11.8. The number of non-ortho nitro benzene ring substituents is 1. The van der Waals surface area contributed by atoms with E-state index in [1.807, 2.05) is 0 Å². The van der Waals surface area contributed by atoms with E-state index in [1.165, 1.54) is 4.31 Å². The lowest BCUT2D eigenvalue weighted by Crippen LogP contribution is -2.39. The van der Waals surface area contributed by atoms with Crippen LogP contribution in [0.3, 0.4) is 0 Å². The predicted molar refractivity (Wildman–Crippen MR) is 71.7 cm³/mol. The standard InChI is InChI=1S/C12H14FN3O4S/c13-10-2-1-9(16(17)18)5-12(10)21(19,20)15-4-3-8-6-14-7-11(8)15/h1-2,5,8,11,14H,3-4,6-7H2/t8-,11+/m0/s1. The molecule has 9 heteroatoms. The molecule has 0 spiro atoms. The normalized spacial score (nSPS) is 26.0. The number of nitrogens with one attached hydrogen (secondary N) is 1. The summed E-state index contributed by atoms with van der Waals surface area (Å²) < 4.78 is 40.4. The van der Waals surface area contributed by atoms with Gasteiger partial charge in [0.25, 0.3) is 5.69 Å². The molecule has 1 N–H and O–H groups in total. The van der Waals surface area contributed by atoms with E-state index >= 15 is 0 Å². The molecule has 2 heterocycles. The van der Waals surface area contributed by atoms with Crippen molar-refractivity contribution in [3.05, 3.63) is 34.1 Å². The first-order valence-electron chi connectivity index (χ1n) is 6.58. The Balaban J connectivity index is 2.02. The molecule has 3 rings (SSSR count). The number of fused-ring (bicyclic) bond motifs is 1. The second kappa shape index (κ2) is 5.00. The highest BCUT2D eigenvalue weighted by Crippen LogP contribution is 2.33. The molecule has 0 radical (unpaired) electrons. The minimum Gasteiger partial charge on any atom is -0.315 e. The van der Waals surface area contributed by atoms with Crippen LogP contribution in [0.4, 0.5) is 10.1 Å². The zero-order valence-electron chi connectivity index (χ0n) is 11.0. The Hall–Kier alpha value is -1.58. The van der Waals surface area contributed by atoms with Gasteiger partial charge in [-0.15, -0.1) is 0 Å². The Labute approximate surface area is 120 Å². The van der Waals surface area contributed by atoms with Gasteiger partial charge in [-0.05, 0) is 24.9 Å². The van der Waals surface area contributed by atoms with E-state index in [4.69, 9.17) is 0 Å². The molecule has 0 unspecified atom stereocenters. The number of benzene rings is 1. The fourth-order valence-electron chi connectivity index (χ4n) is 3.04. The Kier molecular flexibility index (Phi) is 3.42. The van der Waals surface area contributed by atoms with Crippen LogP contribution in [0.5, 0.6) is 0 Å². The monoisotopic (exact) mass is 315 g/mol. The molecule has 2 aliphatic heterocycles. The SMILES string of the molecule is O=[N+]([O-])c1ccc(F)c(S(=O)(=O)N2CC[C@H]3CNC[C@H]32)c1. The number of nitro groups is 1. The molecule has 2 fully saturated rings. The third-order valence-electron chi connectivity index (χ3n) is 4.11. The van der Waals surface area contributed by atoms with Crippen LogP contribution in [-0.2, 0) is 10.0 Å². The summed E-state index contributed by atoms with van der Waals surface area (Å²) in [5, 5.41) is 13.9. The molecule has 21 heavy (non-hydrogen) atoms. The minimum atomic E-state index is -4.07. The first kappa shape index (κ1) is 14.4. The van der Waals surface area contributed by atoms with Crippen molar-refractivity contribution in [1.29, 1.82) is 0 Å². The summed E-state index contributed by atoms with van der Waals surface area (Å²) in [6, 6.07) is 2.37. The quantitative estimate of drug-likeness (QED) is 0.655. The first-order valence-corrected chi connectivity index (χ1v) is 8.02. The third kappa shape index (κ3) is 2.30. The smallest absolute Gasteiger partial charge is 0.270 e. The Morgan fingerprint density at radius 1 is 1.38 bits per heavy atom. The third-order valence-corrected chi connectivity index (χ3v) is 6.05. The van der Waals surface area contributed by atoms with Gasteiger partial charge in [0.2, 0.25) is 10.0 Å². The topological polar surface area (TPSA) is 92.5 Å². The first-order chi connectivity index (χ1) is 9.91. The summed E-state index contributed by atoms with van der Waals surface area (Å²) in [7, 11) is -4.07. The number of nitrogens with zero attached hydrogens (tertiary/aromatic N) is 2. The Morgan fingerprint density at radius 3 is 2.86 bits per heavy atom. The van der Waals surface area contributed by atoms with Crippen molar-refractivity contribution in [2.75, 3.05) is 19.6 Å². The van der Waals surface area contributed by atoms with E-state index in [2.05, 4.69) is 5.32 Å². The highest BCUT2D eigenvalue weighted by atomic mass is 32.2. The van der Waals surface area contributed by atoms with Gasteiger partial charge in [0, 0.05) is 31.3 Å². The molecule has 0 aliphatic carbocycles. The molecular formula is C12H14FN3O4S. The van der Waals surface area contributed by atoms with Gasteiger partial charge in [0.1, 0.15) is 10.7 Å². The van der Waals surface area contributed by atoms with E-state index in [0.29, 0.717) is 19.5 Å². The van der Waals surface area contributed by atoms with Crippen LogP contribution >= 0.6 is 0 Å². The van der Waals surface area contributed by atoms with Crippen molar-refractivity contribution in [2.45, 2.75) is 17.4 Å². The van der Waals surface area contributed by atoms with Crippen molar-refractivity contribution in [3.63, 3.8) is 0 Å². The summed E-state index contributed by atoms with van der Waals surface area (Å²) in [5.74, 6) is -0.739. The molecular weight excluding hydrogens is 301 g/mol. The van der Waals surface area contributed by atoms with Gasteiger partial charge in [0.05, 0.1) is 4.92 Å². The van der Waals surface area contributed by atoms with Gasteiger partial charge >= 0.3 is 0 Å². The zero-order chi connectivity index (χ0) is 15.2. The lowest BCUT2D eigenvalue weighted by atomic mass is 10.1. The number of sulfonamides is 1. The summed E-state index contributed by atoms with van der Waals surface area (Å²) in [6.45, 7) is 1.59. The van der Waals surface area contributed by atoms with E-state index in [-0.39, 0.29) is 12.0 Å². The highest BCUT2D eigenvalue weighted by Gasteiger charge is 2.44. The predicted octanol–water partition coefficient (Wildman–Crippen LogP) is 0.716. The van der Waals surface area contributed by atoms with Crippen LogP contribution < -0.4 is 5.32 Å². The van der Waals surface area contributed by atoms with Crippen LogP contribution in [0.15, 0.2) is 23.1 Å². The van der Waals surface area contributed by atoms with Gasteiger partial charge in [-0.1, -0.05) is 0 Å². The van der Waals surface area contributed by atoms with Crippen molar-refractivity contribution in [3.8, 4) is 0 Å². The maximum Gasteiger partial charge on any atom is 0.270 e. The number of halogens is 1. The average molecular weight is 315 g/mol. The van der Waals surface area contributed by atoms with Crippen LogP contribution in [0, 0.1) is 21.8 Å². The summed E-state index contributed by atoms with van der Waals surface area (Å²) >= 11 is 0. The molecule has 2 aliphatic rings. The largest absolute Gasteiger partial charge is 0.315 e. The molecule has 0 bridgehead atoms. The number of hydrogen-bond acceptors (Lipinski definition) is 5. The van der Waals surface area contributed by atoms with E-state index in [0.717, 1.165) is 24.7 Å². The molecule has 1 aromatic carbocycles. The summed E-state index contributed by atoms with van der Waals surface area (Å²) in [5.41, 5.74) is -0.435. The molecule has 0 aromatic heterocycles. The second-order valence-corrected chi connectivity index (χ2v) is 7.12. The van der Waals surface area contributed by atoms with Gasteiger partial charge in [-0.3, -0.25) is 10.1 Å². The molecule has 0 amide bonds. The van der Waals surface area contributed by atoms with Crippen LogP contribution in [0.1, 0.15) is 6.42 Å². The Bertz CT molecular complexity index is 694. The summed E-state index contributed by atoms with van der Waals surface area (Å²) in [4.78, 5) is 9.41. The van der Waals surface area contributed by atoms with Gasteiger partial charge < -0.3 is 5.32 Å². The van der Waals surface area contributed by atoms with E-state index < -0.39 is 31.3 Å². The molecule has 114 valence electrons. The molecule has 2 atom stereocenters. The number of hydrogen-bond donors (Lipinski definition) is 1. The lowest BCUT2D eigenvalue weighted by Gasteiger charge is -2.22. The highest BCUT2D eigenvalue weighted by molar-refractivity contribution is 7.89. The van der Waals surface area contributed by atoms with Crippen molar-refractivity contribution in [2.24, 2.45) is 5.92 Å². The van der Waals surface area contributed by atoms with Crippen molar-refractivity contribution < 1.29 is 17.7 Å². The molecule has 2 saturated heterocycles. The number of rotatable bonds is 3. The molecule has 1 aromatic rings. The maximum atomic E-state index is 13.9. The minimum absolute atomic E-state index is 0.200. The van der Waals surface area contributed by atoms with Crippen molar-refractivity contribution in [1.82, 2.24) is 9.62 Å². The molecule has 7 nitrogen and oxygen atoms in total. The van der Waals surface area contributed by atoms with Crippen molar-refractivity contribution >= 4 is 15.7 Å². The fraction of sp³-hybridized carbons (Fsp3) is 0.500. The van der Waals surface area contributed by atoms with Gasteiger partial charge in [-0.25, -0.2) is 12.8 Å². The average Bonchev–Trinajstić information content (AvgIpc) is 3.00. The molecule has 0 saturated carbocycles. The van der Waals surface area contributed by atoms with Crippen LogP contribution in [0.2, 0.25) is 0 Å². The lowest BCUT2D eigenvalue weighted by molar-refractivity contribution is -0.385. The number of nitro benzene ring substituents is 1. The summed E-state index contributed by atoms with van der Waals surface area (Å²) in [6.07, 6.45) is 0.716. The fourth-order valence-corrected chi connectivity index (χ4v) is 4.82. The van der Waals surface area contributed by atoms with Crippen LogP contribution in [-0.4, -0.2) is 43.3 Å². The Morgan fingerprint density at radius 2 is 2.14 bits per heavy atom. The van der Waals surface area contributed by atoms with E-state index in [9.17, 15) is 22.9 Å². The van der Waals surface area contributed by atoms with Gasteiger partial charge in [0.15, 0.2) is 0 Å².